The molecule has 0 aliphatic heterocycles. The van der Waals surface area contributed by atoms with Crippen LogP contribution in [0.2, 0.25) is 0 Å². The zero-order valence-corrected chi connectivity index (χ0v) is 11.0. The standard InChI is InChI=1S/C14H14O4S/c15-9-11-5-4-8-14(13(11)10-16)19(17,18)12-6-2-1-3-7-12/h1-8,15-16H,9-10H2. The summed E-state index contributed by atoms with van der Waals surface area (Å²) >= 11 is 0. The molecule has 100 valence electrons. The molecule has 0 saturated carbocycles. The molecule has 0 atom stereocenters. The second-order valence-electron chi connectivity index (χ2n) is 4.03. The second kappa shape index (κ2) is 5.52. The summed E-state index contributed by atoms with van der Waals surface area (Å²) in [6.07, 6.45) is 0. The third kappa shape index (κ3) is 2.53. The van der Waals surface area contributed by atoms with E-state index in [0.717, 1.165) is 0 Å². The first-order valence-electron chi connectivity index (χ1n) is 5.74. The van der Waals surface area contributed by atoms with Crippen molar-refractivity contribution in [3.63, 3.8) is 0 Å². The highest BCUT2D eigenvalue weighted by Crippen LogP contribution is 2.26. The van der Waals surface area contributed by atoms with Gasteiger partial charge in [0.05, 0.1) is 23.0 Å². The van der Waals surface area contributed by atoms with Crippen LogP contribution < -0.4 is 0 Å². The van der Waals surface area contributed by atoms with Crippen molar-refractivity contribution in [1.29, 1.82) is 0 Å². The lowest BCUT2D eigenvalue weighted by Gasteiger charge is -2.12. The Morgan fingerprint density at radius 3 is 2.11 bits per heavy atom. The van der Waals surface area contributed by atoms with Crippen LogP contribution in [0.4, 0.5) is 0 Å². The lowest BCUT2D eigenvalue weighted by atomic mass is 10.1. The maximum Gasteiger partial charge on any atom is 0.206 e. The van der Waals surface area contributed by atoms with Gasteiger partial charge in [0.25, 0.3) is 0 Å². The molecule has 0 aliphatic carbocycles. The molecule has 0 spiro atoms. The molecule has 0 amide bonds. The molecule has 5 heteroatoms. The van der Waals surface area contributed by atoms with Crippen molar-refractivity contribution in [2.45, 2.75) is 23.0 Å². The SMILES string of the molecule is O=S(=O)(c1ccccc1)c1cccc(CO)c1CO. The van der Waals surface area contributed by atoms with E-state index in [2.05, 4.69) is 0 Å². The van der Waals surface area contributed by atoms with Crippen molar-refractivity contribution >= 4 is 9.84 Å². The van der Waals surface area contributed by atoms with E-state index in [9.17, 15) is 18.6 Å². The summed E-state index contributed by atoms with van der Waals surface area (Å²) in [5, 5.41) is 18.6. The van der Waals surface area contributed by atoms with Gasteiger partial charge in [-0.05, 0) is 23.8 Å². The van der Waals surface area contributed by atoms with Gasteiger partial charge in [0.2, 0.25) is 9.84 Å². The van der Waals surface area contributed by atoms with Gasteiger partial charge in [-0.15, -0.1) is 0 Å². The predicted octanol–water partition coefficient (Wildman–Crippen LogP) is 1.50. The van der Waals surface area contributed by atoms with Crippen molar-refractivity contribution < 1.29 is 18.6 Å². The Hall–Kier alpha value is -1.69. The van der Waals surface area contributed by atoms with E-state index in [1.807, 2.05) is 0 Å². The lowest BCUT2D eigenvalue weighted by molar-refractivity contribution is 0.257. The smallest absolute Gasteiger partial charge is 0.206 e. The summed E-state index contributed by atoms with van der Waals surface area (Å²) in [6, 6.07) is 12.6. The Bertz CT molecular complexity index is 663. The molecule has 0 radical (unpaired) electrons. The fourth-order valence-electron chi connectivity index (χ4n) is 1.92. The summed E-state index contributed by atoms with van der Waals surface area (Å²) in [5.74, 6) is 0. The monoisotopic (exact) mass is 278 g/mol. The maximum absolute atomic E-state index is 12.5. The first-order chi connectivity index (χ1) is 9.11. The number of aliphatic hydroxyl groups is 2. The van der Waals surface area contributed by atoms with Gasteiger partial charge < -0.3 is 10.2 Å². The molecule has 4 nitrogen and oxygen atoms in total. The molecule has 2 rings (SSSR count). The highest BCUT2D eigenvalue weighted by Gasteiger charge is 2.22. The van der Waals surface area contributed by atoms with Crippen LogP contribution in [-0.4, -0.2) is 18.6 Å². The van der Waals surface area contributed by atoms with Gasteiger partial charge >= 0.3 is 0 Å². The van der Waals surface area contributed by atoms with Crippen molar-refractivity contribution in [2.75, 3.05) is 0 Å². The topological polar surface area (TPSA) is 74.6 Å². The number of rotatable bonds is 4. The highest BCUT2D eigenvalue weighted by atomic mass is 32.2. The molecule has 0 aliphatic rings. The van der Waals surface area contributed by atoms with Gasteiger partial charge in [-0.1, -0.05) is 30.3 Å². The summed E-state index contributed by atoms with van der Waals surface area (Å²) in [4.78, 5) is 0.201. The van der Waals surface area contributed by atoms with Crippen molar-refractivity contribution in [1.82, 2.24) is 0 Å². The average molecular weight is 278 g/mol. The zero-order chi connectivity index (χ0) is 13.9. The molecule has 0 fully saturated rings. The highest BCUT2D eigenvalue weighted by molar-refractivity contribution is 7.91. The minimum Gasteiger partial charge on any atom is -0.392 e. The number of sulfone groups is 1. The van der Waals surface area contributed by atoms with Crippen molar-refractivity contribution in [2.24, 2.45) is 0 Å². The first kappa shape index (κ1) is 13.7. The molecule has 2 aromatic rings. The quantitative estimate of drug-likeness (QED) is 0.889. The Kier molecular flexibility index (Phi) is 3.99. The van der Waals surface area contributed by atoms with Crippen LogP contribution in [0.15, 0.2) is 58.3 Å². The number of aliphatic hydroxyl groups excluding tert-OH is 2. The predicted molar refractivity (Wildman–Crippen MR) is 70.2 cm³/mol. The Labute approximate surface area is 111 Å². The van der Waals surface area contributed by atoms with E-state index in [-0.39, 0.29) is 22.0 Å². The fraction of sp³-hybridized carbons (Fsp3) is 0.143. The van der Waals surface area contributed by atoms with Gasteiger partial charge in [0.1, 0.15) is 0 Å². The number of hydrogen-bond acceptors (Lipinski definition) is 4. The number of hydrogen-bond donors (Lipinski definition) is 2. The zero-order valence-electron chi connectivity index (χ0n) is 10.2. The molecular weight excluding hydrogens is 264 g/mol. The second-order valence-corrected chi connectivity index (χ2v) is 5.94. The summed E-state index contributed by atoms with van der Waals surface area (Å²) in [7, 11) is -3.69. The molecule has 2 aromatic carbocycles. The number of benzene rings is 2. The molecule has 0 saturated heterocycles. The minimum absolute atomic E-state index is 0.0350. The maximum atomic E-state index is 12.5. The third-order valence-electron chi connectivity index (χ3n) is 2.90. The van der Waals surface area contributed by atoms with Crippen LogP contribution in [0, 0.1) is 0 Å². The van der Waals surface area contributed by atoms with E-state index in [0.29, 0.717) is 5.56 Å². The molecule has 0 aromatic heterocycles. The summed E-state index contributed by atoms with van der Waals surface area (Å²) in [5.41, 5.74) is 0.661. The molecule has 0 bridgehead atoms. The van der Waals surface area contributed by atoms with Crippen LogP contribution in [0.5, 0.6) is 0 Å². The van der Waals surface area contributed by atoms with Gasteiger partial charge in [0, 0.05) is 5.56 Å². The summed E-state index contributed by atoms with van der Waals surface area (Å²) in [6.45, 7) is -0.744. The molecule has 2 N–H and O–H groups in total. The van der Waals surface area contributed by atoms with Crippen LogP contribution in [0.3, 0.4) is 0 Å². The summed E-state index contributed by atoms with van der Waals surface area (Å²) < 4.78 is 25.0. The average Bonchev–Trinajstić information content (AvgIpc) is 2.47. The van der Waals surface area contributed by atoms with E-state index >= 15 is 0 Å². The van der Waals surface area contributed by atoms with Crippen LogP contribution in [-0.2, 0) is 23.1 Å². The van der Waals surface area contributed by atoms with Gasteiger partial charge in [0.15, 0.2) is 0 Å². The minimum atomic E-state index is -3.69. The normalized spacial score (nSPS) is 11.5. The third-order valence-corrected chi connectivity index (χ3v) is 4.76. The van der Waals surface area contributed by atoms with Crippen molar-refractivity contribution in [3.8, 4) is 0 Å². The lowest BCUT2D eigenvalue weighted by Crippen LogP contribution is -2.08. The Morgan fingerprint density at radius 1 is 0.842 bits per heavy atom. The molecular formula is C14H14O4S. The van der Waals surface area contributed by atoms with Gasteiger partial charge in [-0.25, -0.2) is 8.42 Å². The van der Waals surface area contributed by atoms with Gasteiger partial charge in [-0.2, -0.15) is 0 Å². The van der Waals surface area contributed by atoms with Crippen LogP contribution in [0.25, 0.3) is 0 Å². The largest absolute Gasteiger partial charge is 0.392 e. The van der Waals surface area contributed by atoms with Crippen LogP contribution in [0.1, 0.15) is 11.1 Å². The van der Waals surface area contributed by atoms with Gasteiger partial charge in [-0.3, -0.25) is 0 Å². The Morgan fingerprint density at radius 2 is 1.53 bits per heavy atom. The molecule has 0 unspecified atom stereocenters. The van der Waals surface area contributed by atoms with Crippen LogP contribution >= 0.6 is 0 Å². The van der Waals surface area contributed by atoms with Crippen molar-refractivity contribution in [3.05, 3.63) is 59.7 Å². The van der Waals surface area contributed by atoms with E-state index in [1.54, 1.807) is 30.3 Å². The molecule has 19 heavy (non-hydrogen) atoms. The first-order valence-corrected chi connectivity index (χ1v) is 7.22. The van der Waals surface area contributed by atoms with E-state index in [1.165, 1.54) is 18.2 Å². The molecule has 0 heterocycles. The fourth-order valence-corrected chi connectivity index (χ4v) is 3.46. The van der Waals surface area contributed by atoms with E-state index < -0.39 is 16.4 Å². The Balaban J connectivity index is 2.65. The van der Waals surface area contributed by atoms with E-state index in [4.69, 9.17) is 0 Å².